The van der Waals surface area contributed by atoms with Crippen LogP contribution in [0.15, 0.2) is 0 Å². The van der Waals surface area contributed by atoms with Gasteiger partial charge in [0.15, 0.2) is 0 Å². The average molecular weight is 268 g/mol. The summed E-state index contributed by atoms with van der Waals surface area (Å²) in [5.74, 6) is 1.62. The number of rotatable bonds is 6. The quantitative estimate of drug-likeness (QED) is 0.538. The molecule has 2 aliphatic rings. The van der Waals surface area contributed by atoms with E-state index >= 15 is 0 Å². The van der Waals surface area contributed by atoms with Crippen LogP contribution in [-0.4, -0.2) is 29.6 Å². The first kappa shape index (κ1) is 14.5. The summed E-state index contributed by atoms with van der Waals surface area (Å²) in [6.45, 7) is 0.934. The van der Waals surface area contributed by atoms with Gasteiger partial charge in [0.2, 0.25) is 9.76 Å². The Labute approximate surface area is 115 Å². The third kappa shape index (κ3) is 4.67. The van der Waals surface area contributed by atoms with E-state index in [4.69, 9.17) is 9.16 Å². The van der Waals surface area contributed by atoms with Crippen LogP contribution < -0.4 is 0 Å². The largest absolute Gasteiger partial charge is 0.417 e. The Morgan fingerprint density at radius 3 is 2.44 bits per heavy atom. The van der Waals surface area contributed by atoms with Gasteiger partial charge in [-0.3, -0.25) is 0 Å². The lowest BCUT2D eigenvalue weighted by Gasteiger charge is -2.30. The number of hydrogen-bond donors (Lipinski definition) is 0. The van der Waals surface area contributed by atoms with Crippen molar-refractivity contribution in [1.82, 2.24) is 0 Å². The zero-order valence-corrected chi connectivity index (χ0v) is 12.8. The second-order valence-corrected chi connectivity index (χ2v) is 6.97. The summed E-state index contributed by atoms with van der Waals surface area (Å²) in [6, 6.07) is 1.31. The van der Waals surface area contributed by atoms with Gasteiger partial charge < -0.3 is 9.16 Å². The molecule has 0 saturated heterocycles. The van der Waals surface area contributed by atoms with E-state index in [9.17, 15) is 0 Å². The molecule has 0 aromatic rings. The zero-order valence-electron chi connectivity index (χ0n) is 11.8. The fraction of sp³-hybridized carbons (Fsp3) is 1.00. The van der Waals surface area contributed by atoms with Crippen LogP contribution >= 0.6 is 0 Å². The van der Waals surface area contributed by atoms with Crippen LogP contribution in [0.1, 0.15) is 57.8 Å². The molecule has 3 heteroatoms. The van der Waals surface area contributed by atoms with Crippen molar-refractivity contribution >= 4 is 9.76 Å². The van der Waals surface area contributed by atoms with Crippen molar-refractivity contribution in [3.8, 4) is 0 Å². The highest BCUT2D eigenvalue weighted by Gasteiger charge is 2.25. The Morgan fingerprint density at radius 2 is 1.67 bits per heavy atom. The third-order valence-electron chi connectivity index (χ3n) is 4.64. The van der Waals surface area contributed by atoms with Crippen molar-refractivity contribution in [2.24, 2.45) is 11.8 Å². The van der Waals surface area contributed by atoms with Gasteiger partial charge in [0.1, 0.15) is 0 Å². The van der Waals surface area contributed by atoms with Crippen LogP contribution in [0, 0.1) is 11.8 Å². The fourth-order valence-electron chi connectivity index (χ4n) is 3.41. The lowest BCUT2D eigenvalue weighted by atomic mass is 9.87. The summed E-state index contributed by atoms with van der Waals surface area (Å²) in [7, 11) is 2.58. The van der Waals surface area contributed by atoms with Gasteiger partial charge in [0, 0.05) is 19.6 Å². The second kappa shape index (κ2) is 8.34. The highest BCUT2D eigenvalue weighted by atomic mass is 28.2. The van der Waals surface area contributed by atoms with Gasteiger partial charge in [-0.25, -0.2) is 0 Å². The van der Waals surface area contributed by atoms with Crippen LogP contribution in [0.2, 0.25) is 6.04 Å². The Balaban J connectivity index is 1.56. The summed E-state index contributed by atoms with van der Waals surface area (Å²) < 4.78 is 11.5. The minimum atomic E-state index is 0.457. The van der Waals surface area contributed by atoms with Gasteiger partial charge in [-0.2, -0.15) is 0 Å². The smallest absolute Gasteiger partial charge is 0.229 e. The topological polar surface area (TPSA) is 18.5 Å². The summed E-state index contributed by atoms with van der Waals surface area (Å²) in [5.41, 5.74) is 0. The Kier molecular flexibility index (Phi) is 6.74. The summed E-state index contributed by atoms with van der Waals surface area (Å²) in [5, 5.41) is 0. The molecule has 2 nitrogen and oxygen atoms in total. The molecule has 0 aliphatic heterocycles. The van der Waals surface area contributed by atoms with E-state index in [1.165, 1.54) is 63.8 Å². The maximum absolute atomic E-state index is 5.96. The molecule has 104 valence electrons. The molecular formula is C15H28O2Si. The van der Waals surface area contributed by atoms with E-state index < -0.39 is 0 Å². The molecule has 18 heavy (non-hydrogen) atoms. The molecule has 2 unspecified atom stereocenters. The maximum atomic E-state index is 5.96. The molecule has 0 amide bonds. The minimum absolute atomic E-state index is 0.457. The lowest BCUT2D eigenvalue weighted by molar-refractivity contribution is 0.00510. The third-order valence-corrected chi connectivity index (χ3v) is 5.75. The van der Waals surface area contributed by atoms with Crippen molar-refractivity contribution < 1.29 is 9.16 Å². The van der Waals surface area contributed by atoms with E-state index in [1.807, 2.05) is 7.11 Å². The van der Waals surface area contributed by atoms with Crippen molar-refractivity contribution in [2.45, 2.75) is 69.9 Å². The van der Waals surface area contributed by atoms with E-state index in [0.29, 0.717) is 12.0 Å². The minimum Gasteiger partial charge on any atom is -0.417 e. The molecule has 2 atom stereocenters. The molecule has 2 rings (SSSR count). The van der Waals surface area contributed by atoms with E-state index in [-0.39, 0.29) is 0 Å². The maximum Gasteiger partial charge on any atom is 0.229 e. The van der Waals surface area contributed by atoms with Crippen LogP contribution in [0.4, 0.5) is 0 Å². The highest BCUT2D eigenvalue weighted by Crippen LogP contribution is 2.28. The molecule has 2 fully saturated rings. The molecule has 2 saturated carbocycles. The van der Waals surface area contributed by atoms with Crippen molar-refractivity contribution in [3.63, 3.8) is 0 Å². The van der Waals surface area contributed by atoms with E-state index in [1.54, 1.807) is 0 Å². The molecular weight excluding hydrogens is 240 g/mol. The second-order valence-electron chi connectivity index (χ2n) is 5.98. The van der Waals surface area contributed by atoms with Crippen LogP contribution in [0.25, 0.3) is 0 Å². The van der Waals surface area contributed by atoms with Gasteiger partial charge in [-0.05, 0) is 24.8 Å². The van der Waals surface area contributed by atoms with E-state index in [0.717, 1.165) is 22.3 Å². The fourth-order valence-corrected chi connectivity index (χ4v) is 4.50. The molecule has 0 spiro atoms. The van der Waals surface area contributed by atoms with Crippen LogP contribution in [0.5, 0.6) is 0 Å². The molecule has 2 aliphatic carbocycles. The van der Waals surface area contributed by atoms with Crippen LogP contribution in [-0.2, 0) is 9.16 Å². The average Bonchev–Trinajstić information content (AvgIpc) is 2.45. The molecule has 0 heterocycles. The highest BCUT2D eigenvalue weighted by molar-refractivity contribution is 6.27. The first-order chi connectivity index (χ1) is 8.90. The standard InChI is InChI=1S/C15H28O2Si/c1-16-15-10-6-5-9-14(15)11-17-18-12-13-7-3-2-4-8-13/h13-15H,2-12H2,1H3. The van der Waals surface area contributed by atoms with Gasteiger partial charge in [0.05, 0.1) is 6.10 Å². The molecule has 0 bridgehead atoms. The first-order valence-electron chi connectivity index (χ1n) is 7.77. The Hall–Kier alpha value is 0.137. The molecule has 0 aromatic heterocycles. The normalized spacial score (nSPS) is 30.5. The molecule has 0 aromatic carbocycles. The zero-order chi connectivity index (χ0) is 12.6. The van der Waals surface area contributed by atoms with Crippen molar-refractivity contribution in [3.05, 3.63) is 0 Å². The SMILES string of the molecule is COC1CCCCC1CO[Si]CC1CCCCC1. The summed E-state index contributed by atoms with van der Waals surface area (Å²) in [6.07, 6.45) is 12.9. The van der Waals surface area contributed by atoms with Gasteiger partial charge >= 0.3 is 0 Å². The lowest BCUT2D eigenvalue weighted by Crippen LogP contribution is -2.30. The predicted octanol–water partition coefficient (Wildman–Crippen LogP) is 3.83. The van der Waals surface area contributed by atoms with Crippen molar-refractivity contribution in [2.75, 3.05) is 13.7 Å². The van der Waals surface area contributed by atoms with Crippen LogP contribution in [0.3, 0.4) is 0 Å². The number of ether oxygens (including phenoxy) is 1. The summed E-state index contributed by atoms with van der Waals surface area (Å²) >= 11 is 0. The Bertz CT molecular complexity index is 217. The molecule has 2 radical (unpaired) electrons. The van der Waals surface area contributed by atoms with Gasteiger partial charge in [-0.1, -0.05) is 44.9 Å². The monoisotopic (exact) mass is 268 g/mol. The number of methoxy groups -OCH3 is 1. The first-order valence-corrected chi connectivity index (χ1v) is 8.89. The number of hydrogen-bond acceptors (Lipinski definition) is 2. The predicted molar refractivity (Wildman–Crippen MR) is 75.8 cm³/mol. The molecule has 0 N–H and O–H groups in total. The summed E-state index contributed by atoms with van der Waals surface area (Å²) in [4.78, 5) is 0. The van der Waals surface area contributed by atoms with Crippen molar-refractivity contribution in [1.29, 1.82) is 0 Å². The van der Waals surface area contributed by atoms with Gasteiger partial charge in [0.25, 0.3) is 0 Å². The van der Waals surface area contributed by atoms with Gasteiger partial charge in [-0.15, -0.1) is 0 Å². The van der Waals surface area contributed by atoms with E-state index in [2.05, 4.69) is 0 Å². The Morgan fingerprint density at radius 1 is 0.944 bits per heavy atom.